The lowest BCUT2D eigenvalue weighted by molar-refractivity contribution is 0.562. The third-order valence-corrected chi connectivity index (χ3v) is 3.87. The average molecular weight is 300 g/mol. The standard InChI is InChI=1S/C18H28N4/c1-13(2)10-17-16(11-19)20-21-22(17)12-14-6-8-15(9-7-14)18(3,4)5/h6-9,13H,10-12,19H2,1-5H3. The van der Waals surface area contributed by atoms with E-state index in [-0.39, 0.29) is 5.41 Å². The van der Waals surface area contributed by atoms with E-state index in [2.05, 4.69) is 69.2 Å². The SMILES string of the molecule is CC(C)Cc1c(CN)nnn1Cc1ccc(C(C)(C)C)cc1. The normalized spacial score (nSPS) is 12.1. The number of hydrogen-bond acceptors (Lipinski definition) is 3. The Labute approximate surface area is 133 Å². The number of benzene rings is 1. The zero-order valence-electron chi connectivity index (χ0n) is 14.4. The summed E-state index contributed by atoms with van der Waals surface area (Å²) in [6.07, 6.45) is 0.958. The van der Waals surface area contributed by atoms with Gasteiger partial charge in [0, 0.05) is 6.54 Å². The van der Waals surface area contributed by atoms with Crippen LogP contribution in [0.4, 0.5) is 0 Å². The average Bonchev–Trinajstić information content (AvgIpc) is 2.80. The lowest BCUT2D eigenvalue weighted by Crippen LogP contribution is -2.13. The molecule has 0 atom stereocenters. The van der Waals surface area contributed by atoms with Crippen molar-refractivity contribution >= 4 is 0 Å². The molecule has 1 aromatic heterocycles. The Bertz CT molecular complexity index is 603. The molecular weight excluding hydrogens is 272 g/mol. The fourth-order valence-corrected chi connectivity index (χ4v) is 2.55. The van der Waals surface area contributed by atoms with E-state index in [1.54, 1.807) is 0 Å². The smallest absolute Gasteiger partial charge is 0.0994 e. The van der Waals surface area contributed by atoms with Crippen molar-refractivity contribution in [3.05, 3.63) is 46.8 Å². The molecule has 2 aromatic rings. The summed E-state index contributed by atoms with van der Waals surface area (Å²) in [6, 6.07) is 8.78. The predicted octanol–water partition coefficient (Wildman–Crippen LogP) is 3.28. The Morgan fingerprint density at radius 3 is 2.27 bits per heavy atom. The number of hydrogen-bond donors (Lipinski definition) is 1. The van der Waals surface area contributed by atoms with E-state index < -0.39 is 0 Å². The first-order valence-electron chi connectivity index (χ1n) is 8.02. The molecule has 22 heavy (non-hydrogen) atoms. The fraction of sp³-hybridized carbons (Fsp3) is 0.556. The molecule has 0 saturated heterocycles. The van der Waals surface area contributed by atoms with E-state index in [1.165, 1.54) is 11.1 Å². The van der Waals surface area contributed by atoms with Gasteiger partial charge in [0.25, 0.3) is 0 Å². The van der Waals surface area contributed by atoms with Gasteiger partial charge < -0.3 is 5.73 Å². The Hall–Kier alpha value is -1.68. The van der Waals surface area contributed by atoms with Gasteiger partial charge in [-0.25, -0.2) is 4.68 Å². The van der Waals surface area contributed by atoms with E-state index in [1.807, 2.05) is 4.68 Å². The van der Waals surface area contributed by atoms with Gasteiger partial charge in [-0.15, -0.1) is 5.10 Å². The van der Waals surface area contributed by atoms with Gasteiger partial charge in [-0.3, -0.25) is 0 Å². The minimum absolute atomic E-state index is 0.182. The quantitative estimate of drug-likeness (QED) is 0.922. The lowest BCUT2D eigenvalue weighted by atomic mass is 9.87. The number of rotatable bonds is 5. The minimum Gasteiger partial charge on any atom is -0.325 e. The molecule has 2 rings (SSSR count). The van der Waals surface area contributed by atoms with Gasteiger partial charge in [-0.05, 0) is 28.9 Å². The number of nitrogens with two attached hydrogens (primary N) is 1. The summed E-state index contributed by atoms with van der Waals surface area (Å²) in [7, 11) is 0. The molecule has 4 nitrogen and oxygen atoms in total. The van der Waals surface area contributed by atoms with E-state index in [9.17, 15) is 0 Å². The summed E-state index contributed by atoms with van der Waals surface area (Å²) in [5.41, 5.74) is 10.6. The molecule has 2 N–H and O–H groups in total. The van der Waals surface area contributed by atoms with E-state index >= 15 is 0 Å². The summed E-state index contributed by atoms with van der Waals surface area (Å²) >= 11 is 0. The molecule has 0 spiro atoms. The maximum Gasteiger partial charge on any atom is 0.0994 e. The third kappa shape index (κ3) is 3.95. The zero-order valence-corrected chi connectivity index (χ0v) is 14.4. The van der Waals surface area contributed by atoms with Gasteiger partial charge >= 0.3 is 0 Å². The maximum absolute atomic E-state index is 5.78. The van der Waals surface area contributed by atoms with Crippen molar-refractivity contribution in [2.45, 2.75) is 59.5 Å². The van der Waals surface area contributed by atoms with Crippen LogP contribution in [0.25, 0.3) is 0 Å². The van der Waals surface area contributed by atoms with Gasteiger partial charge in [-0.1, -0.05) is 64.1 Å². The number of nitrogens with zero attached hydrogens (tertiary/aromatic N) is 3. The van der Waals surface area contributed by atoms with Gasteiger partial charge in [-0.2, -0.15) is 0 Å². The second-order valence-corrected chi connectivity index (χ2v) is 7.39. The molecule has 0 aliphatic heterocycles. The highest BCUT2D eigenvalue weighted by Gasteiger charge is 2.15. The minimum atomic E-state index is 0.182. The highest BCUT2D eigenvalue weighted by atomic mass is 15.4. The molecule has 0 amide bonds. The van der Waals surface area contributed by atoms with Crippen LogP contribution in [0.5, 0.6) is 0 Å². The van der Waals surface area contributed by atoms with Gasteiger partial charge in [0.1, 0.15) is 0 Å². The molecule has 1 aromatic carbocycles. The molecule has 0 radical (unpaired) electrons. The maximum atomic E-state index is 5.78. The van der Waals surface area contributed by atoms with Crippen LogP contribution in [0, 0.1) is 5.92 Å². The highest BCUT2D eigenvalue weighted by molar-refractivity contribution is 5.28. The Kier molecular flexibility index (Phi) is 5.01. The van der Waals surface area contributed by atoms with Crippen LogP contribution in [-0.4, -0.2) is 15.0 Å². The van der Waals surface area contributed by atoms with E-state index in [0.29, 0.717) is 12.5 Å². The van der Waals surface area contributed by atoms with Crippen LogP contribution in [0.2, 0.25) is 0 Å². The van der Waals surface area contributed by atoms with Crippen LogP contribution < -0.4 is 5.73 Å². The Morgan fingerprint density at radius 1 is 1.14 bits per heavy atom. The van der Waals surface area contributed by atoms with Crippen molar-refractivity contribution in [3.8, 4) is 0 Å². The van der Waals surface area contributed by atoms with Crippen molar-refractivity contribution in [2.24, 2.45) is 11.7 Å². The van der Waals surface area contributed by atoms with Crippen LogP contribution in [0.1, 0.15) is 57.1 Å². The molecule has 0 saturated carbocycles. The predicted molar refractivity (Wildman–Crippen MR) is 90.7 cm³/mol. The molecule has 120 valence electrons. The molecule has 1 heterocycles. The Morgan fingerprint density at radius 2 is 1.77 bits per heavy atom. The van der Waals surface area contributed by atoms with Crippen LogP contribution in [0.15, 0.2) is 24.3 Å². The summed E-state index contributed by atoms with van der Waals surface area (Å²) in [5, 5.41) is 8.52. The third-order valence-electron chi connectivity index (χ3n) is 3.87. The van der Waals surface area contributed by atoms with E-state index in [4.69, 9.17) is 5.73 Å². The summed E-state index contributed by atoms with van der Waals surface area (Å²) in [6.45, 7) is 12.3. The van der Waals surface area contributed by atoms with Crippen LogP contribution in [-0.2, 0) is 24.9 Å². The van der Waals surface area contributed by atoms with Gasteiger partial charge in [0.15, 0.2) is 0 Å². The van der Waals surface area contributed by atoms with Crippen molar-refractivity contribution in [2.75, 3.05) is 0 Å². The van der Waals surface area contributed by atoms with Gasteiger partial charge in [0.05, 0.1) is 17.9 Å². The van der Waals surface area contributed by atoms with Crippen molar-refractivity contribution in [3.63, 3.8) is 0 Å². The van der Waals surface area contributed by atoms with Gasteiger partial charge in [0.2, 0.25) is 0 Å². The lowest BCUT2D eigenvalue weighted by Gasteiger charge is -2.19. The Balaban J connectivity index is 2.22. The number of aromatic nitrogens is 3. The summed E-state index contributed by atoms with van der Waals surface area (Å²) < 4.78 is 1.99. The molecule has 0 unspecified atom stereocenters. The first-order valence-corrected chi connectivity index (χ1v) is 8.02. The summed E-state index contributed by atoms with van der Waals surface area (Å²) in [4.78, 5) is 0. The molecule has 0 aliphatic carbocycles. The first-order chi connectivity index (χ1) is 10.3. The highest BCUT2D eigenvalue weighted by Crippen LogP contribution is 2.22. The molecule has 4 heteroatoms. The van der Waals surface area contributed by atoms with Crippen molar-refractivity contribution in [1.82, 2.24) is 15.0 Å². The second kappa shape index (κ2) is 6.61. The second-order valence-electron chi connectivity index (χ2n) is 7.39. The first kappa shape index (κ1) is 16.7. The molecular formula is C18H28N4. The van der Waals surface area contributed by atoms with Crippen molar-refractivity contribution < 1.29 is 0 Å². The largest absolute Gasteiger partial charge is 0.325 e. The summed E-state index contributed by atoms with van der Waals surface area (Å²) in [5.74, 6) is 0.561. The van der Waals surface area contributed by atoms with Crippen molar-refractivity contribution in [1.29, 1.82) is 0 Å². The molecule has 0 aliphatic rings. The molecule has 0 bridgehead atoms. The van der Waals surface area contributed by atoms with Crippen LogP contribution >= 0.6 is 0 Å². The monoisotopic (exact) mass is 300 g/mol. The van der Waals surface area contributed by atoms with Crippen LogP contribution in [0.3, 0.4) is 0 Å². The van der Waals surface area contributed by atoms with E-state index in [0.717, 1.165) is 24.4 Å². The fourth-order valence-electron chi connectivity index (χ4n) is 2.55. The zero-order chi connectivity index (χ0) is 16.3. The topological polar surface area (TPSA) is 56.7 Å². The molecule has 0 fully saturated rings.